The van der Waals surface area contributed by atoms with E-state index in [-0.39, 0.29) is 6.61 Å². The predicted molar refractivity (Wildman–Crippen MR) is 71.9 cm³/mol. The second kappa shape index (κ2) is 6.52. The normalized spacial score (nSPS) is 12.8. The quantitative estimate of drug-likeness (QED) is 0.778. The Labute approximate surface area is 113 Å². The highest BCUT2D eigenvalue weighted by Gasteiger charge is 2.12. The molecule has 0 saturated heterocycles. The number of aliphatic hydroxyl groups is 1. The van der Waals surface area contributed by atoms with Crippen molar-refractivity contribution in [2.24, 2.45) is 0 Å². The van der Waals surface area contributed by atoms with E-state index in [0.717, 1.165) is 43.0 Å². The van der Waals surface area contributed by atoms with Crippen LogP contribution in [0.2, 0.25) is 0 Å². The lowest BCUT2D eigenvalue weighted by molar-refractivity contribution is 0.280. The molecule has 0 fully saturated rings. The molecule has 2 rings (SSSR count). The van der Waals surface area contributed by atoms with Gasteiger partial charge in [-0.05, 0) is 31.9 Å². The van der Waals surface area contributed by atoms with E-state index in [1.807, 2.05) is 29.9 Å². The summed E-state index contributed by atoms with van der Waals surface area (Å²) >= 11 is 0. The second-order valence-corrected chi connectivity index (χ2v) is 4.96. The van der Waals surface area contributed by atoms with Gasteiger partial charge in [0.05, 0.1) is 5.69 Å². The Morgan fingerprint density at radius 3 is 2.89 bits per heavy atom. The van der Waals surface area contributed by atoms with Gasteiger partial charge in [0.15, 0.2) is 0 Å². The van der Waals surface area contributed by atoms with Crippen molar-refractivity contribution in [2.75, 3.05) is 6.61 Å². The largest absolute Gasteiger partial charge is 0.466 e. The van der Waals surface area contributed by atoms with Gasteiger partial charge in [0, 0.05) is 31.7 Å². The van der Waals surface area contributed by atoms with E-state index >= 15 is 0 Å². The third-order valence-electron chi connectivity index (χ3n) is 3.14. The molecule has 0 aliphatic rings. The first-order valence-corrected chi connectivity index (χ1v) is 6.75. The van der Waals surface area contributed by atoms with E-state index in [9.17, 15) is 0 Å². The molecule has 0 radical (unpaired) electrons. The maximum atomic E-state index is 8.74. The van der Waals surface area contributed by atoms with E-state index in [4.69, 9.17) is 9.52 Å². The van der Waals surface area contributed by atoms with Crippen LogP contribution in [-0.4, -0.2) is 26.7 Å². The summed E-state index contributed by atoms with van der Waals surface area (Å²) in [6, 6.07) is 4.00. The second-order valence-electron chi connectivity index (χ2n) is 4.96. The lowest BCUT2D eigenvalue weighted by Gasteiger charge is -2.05. The van der Waals surface area contributed by atoms with Crippen LogP contribution in [0.1, 0.15) is 42.9 Å². The van der Waals surface area contributed by atoms with Crippen LogP contribution in [0.3, 0.4) is 0 Å². The first-order valence-electron chi connectivity index (χ1n) is 6.75. The van der Waals surface area contributed by atoms with Crippen molar-refractivity contribution in [2.45, 2.75) is 45.6 Å². The molecule has 2 aromatic heterocycles. The highest BCUT2D eigenvalue weighted by molar-refractivity contribution is 5.12. The Morgan fingerprint density at radius 1 is 1.37 bits per heavy atom. The fourth-order valence-corrected chi connectivity index (χ4v) is 2.06. The van der Waals surface area contributed by atoms with Crippen LogP contribution in [0, 0.1) is 6.92 Å². The number of aromatic nitrogens is 3. The van der Waals surface area contributed by atoms with Gasteiger partial charge >= 0.3 is 0 Å². The van der Waals surface area contributed by atoms with Crippen LogP contribution >= 0.6 is 0 Å². The Bertz CT molecular complexity index is 504. The molecule has 2 heterocycles. The molecule has 19 heavy (non-hydrogen) atoms. The van der Waals surface area contributed by atoms with Gasteiger partial charge in [-0.25, -0.2) is 0 Å². The number of nitrogens with zero attached hydrogens (tertiary/aromatic N) is 3. The molecule has 2 aromatic rings. The summed E-state index contributed by atoms with van der Waals surface area (Å²) in [7, 11) is 0. The van der Waals surface area contributed by atoms with E-state index in [2.05, 4.69) is 17.2 Å². The number of hydrogen-bond donors (Lipinski definition) is 1. The molecule has 0 unspecified atom stereocenters. The van der Waals surface area contributed by atoms with Crippen molar-refractivity contribution in [3.63, 3.8) is 0 Å². The monoisotopic (exact) mass is 263 g/mol. The van der Waals surface area contributed by atoms with E-state index in [1.54, 1.807) is 0 Å². The van der Waals surface area contributed by atoms with Crippen LogP contribution in [0.15, 0.2) is 22.7 Å². The van der Waals surface area contributed by atoms with Crippen molar-refractivity contribution in [1.29, 1.82) is 0 Å². The molecule has 1 atom stereocenters. The molecule has 0 bridgehead atoms. The summed E-state index contributed by atoms with van der Waals surface area (Å²) in [5, 5.41) is 17.0. The van der Waals surface area contributed by atoms with Crippen LogP contribution in [-0.2, 0) is 13.0 Å². The molecule has 5 heteroatoms. The Hall–Kier alpha value is -1.62. The maximum absolute atomic E-state index is 8.74. The highest BCUT2D eigenvalue weighted by atomic mass is 16.3. The van der Waals surface area contributed by atoms with Crippen molar-refractivity contribution in [1.82, 2.24) is 15.0 Å². The fraction of sp³-hybridized carbons (Fsp3) is 0.571. The fourth-order valence-electron chi connectivity index (χ4n) is 2.06. The summed E-state index contributed by atoms with van der Waals surface area (Å²) < 4.78 is 7.46. The zero-order valence-electron chi connectivity index (χ0n) is 11.5. The van der Waals surface area contributed by atoms with Crippen molar-refractivity contribution < 1.29 is 9.52 Å². The van der Waals surface area contributed by atoms with Crippen molar-refractivity contribution in [3.8, 4) is 0 Å². The topological polar surface area (TPSA) is 64.1 Å². The minimum atomic E-state index is 0.233. The zero-order chi connectivity index (χ0) is 13.7. The molecular weight excluding hydrogens is 242 g/mol. The van der Waals surface area contributed by atoms with E-state index in [1.165, 1.54) is 0 Å². The molecule has 0 aliphatic carbocycles. The highest BCUT2D eigenvalue weighted by Crippen LogP contribution is 2.21. The van der Waals surface area contributed by atoms with E-state index < -0.39 is 0 Å². The van der Waals surface area contributed by atoms with E-state index in [0.29, 0.717) is 5.92 Å². The van der Waals surface area contributed by atoms with Crippen molar-refractivity contribution in [3.05, 3.63) is 35.5 Å². The third kappa shape index (κ3) is 3.92. The molecule has 0 aliphatic heterocycles. The molecule has 0 aromatic carbocycles. The molecule has 5 nitrogen and oxygen atoms in total. The van der Waals surface area contributed by atoms with Gasteiger partial charge in [-0.2, -0.15) is 0 Å². The first kappa shape index (κ1) is 13.8. The predicted octanol–water partition coefficient (Wildman–Crippen LogP) is 2.30. The van der Waals surface area contributed by atoms with Gasteiger partial charge in [-0.15, -0.1) is 5.10 Å². The molecule has 0 amide bonds. The number of unbranched alkanes of at least 4 members (excludes halogenated alkanes) is 1. The summed E-state index contributed by atoms with van der Waals surface area (Å²) in [4.78, 5) is 0. The maximum Gasteiger partial charge on any atom is 0.107 e. The summed E-state index contributed by atoms with van der Waals surface area (Å²) in [5.74, 6) is 2.23. The van der Waals surface area contributed by atoms with Crippen LogP contribution in [0.25, 0.3) is 0 Å². The van der Waals surface area contributed by atoms with Gasteiger partial charge < -0.3 is 9.52 Å². The van der Waals surface area contributed by atoms with Crippen molar-refractivity contribution >= 4 is 0 Å². The van der Waals surface area contributed by atoms with Crippen LogP contribution < -0.4 is 0 Å². The lowest BCUT2D eigenvalue weighted by Crippen LogP contribution is -1.99. The average molecular weight is 263 g/mol. The molecule has 104 valence electrons. The summed E-state index contributed by atoms with van der Waals surface area (Å²) in [5.41, 5.74) is 0.977. The molecule has 0 saturated carbocycles. The average Bonchev–Trinajstić information content (AvgIpc) is 2.99. The number of rotatable bonds is 7. The number of furan rings is 1. The Balaban J connectivity index is 1.88. The number of aliphatic hydroxyl groups excluding tert-OH is 1. The summed E-state index contributed by atoms with van der Waals surface area (Å²) in [6.07, 6.45) is 4.53. The number of hydrogen-bond acceptors (Lipinski definition) is 4. The summed E-state index contributed by atoms with van der Waals surface area (Å²) in [6.45, 7) is 5.12. The zero-order valence-corrected chi connectivity index (χ0v) is 11.5. The van der Waals surface area contributed by atoms with Gasteiger partial charge in [-0.3, -0.25) is 4.68 Å². The van der Waals surface area contributed by atoms with Gasteiger partial charge in [0.2, 0.25) is 0 Å². The van der Waals surface area contributed by atoms with Crippen LogP contribution in [0.5, 0.6) is 0 Å². The SMILES string of the molecule is Cc1ccc([C@@H](C)Cc2cn(CCCCO)nn2)o1. The Morgan fingerprint density at radius 2 is 2.21 bits per heavy atom. The van der Waals surface area contributed by atoms with Gasteiger partial charge in [-0.1, -0.05) is 12.1 Å². The molecule has 0 spiro atoms. The minimum absolute atomic E-state index is 0.233. The molecular formula is C14H21N3O2. The van der Waals surface area contributed by atoms with Gasteiger partial charge in [0.1, 0.15) is 11.5 Å². The molecule has 1 N–H and O–H groups in total. The van der Waals surface area contributed by atoms with Gasteiger partial charge in [0.25, 0.3) is 0 Å². The minimum Gasteiger partial charge on any atom is -0.466 e. The first-order chi connectivity index (χ1) is 9.19. The van der Waals surface area contributed by atoms with Crippen LogP contribution in [0.4, 0.5) is 0 Å². The lowest BCUT2D eigenvalue weighted by atomic mass is 10.0. The number of aryl methyl sites for hydroxylation is 2. The third-order valence-corrected chi connectivity index (χ3v) is 3.14. The smallest absolute Gasteiger partial charge is 0.107 e. The Kier molecular flexibility index (Phi) is 4.74. The standard InChI is InChI=1S/C14H21N3O2/c1-11(14-6-5-12(2)19-14)9-13-10-17(16-15-13)7-3-4-8-18/h5-6,10-11,18H,3-4,7-9H2,1-2H3/t11-/m0/s1.